The molecule has 0 atom stereocenters. The zero-order chi connectivity index (χ0) is 31.6. The molecule has 0 fully saturated rings. The van der Waals surface area contributed by atoms with E-state index in [2.05, 4.69) is 151 Å². The topological polar surface area (TPSA) is 57.4 Å². The Labute approximate surface area is 267 Å². The largest absolute Gasteiger partial charge is 0.309 e. The molecule has 0 amide bonds. The van der Waals surface area contributed by atoms with Gasteiger partial charge in [0.1, 0.15) is 6.07 Å². The first kappa shape index (κ1) is 27.4. The fraction of sp³-hybridized carbons (Fsp3) is 0.0952. The van der Waals surface area contributed by atoms with E-state index in [1.54, 1.807) is 6.07 Å². The van der Waals surface area contributed by atoms with E-state index in [4.69, 9.17) is 0 Å². The molecule has 6 aromatic carbocycles. The number of hydrogen-bond donors (Lipinski definition) is 0. The summed E-state index contributed by atoms with van der Waals surface area (Å²) in [6.07, 6.45) is 0. The number of aromatic nitrogens is 2. The van der Waals surface area contributed by atoms with Crippen LogP contribution in [0, 0.1) is 22.7 Å². The molecule has 0 spiro atoms. The van der Waals surface area contributed by atoms with Gasteiger partial charge >= 0.3 is 0 Å². The zero-order valence-electron chi connectivity index (χ0n) is 25.9. The van der Waals surface area contributed by atoms with Crippen LogP contribution in [0.25, 0.3) is 66.1 Å². The van der Waals surface area contributed by atoms with E-state index in [0.717, 1.165) is 49.9 Å². The molecule has 0 bridgehead atoms. The van der Waals surface area contributed by atoms with Crippen molar-refractivity contribution in [3.05, 3.63) is 144 Å². The Balaban J connectivity index is 1.39. The van der Waals surface area contributed by atoms with Crippen LogP contribution in [0.3, 0.4) is 0 Å². The predicted octanol–water partition coefficient (Wildman–Crippen LogP) is 10.6. The highest BCUT2D eigenvalue weighted by molar-refractivity contribution is 6.12. The first-order valence-corrected chi connectivity index (χ1v) is 15.5. The maximum Gasteiger partial charge on any atom is 0.101 e. The molecular formula is C42H30N4. The molecule has 46 heavy (non-hydrogen) atoms. The van der Waals surface area contributed by atoms with Crippen molar-refractivity contribution in [2.75, 3.05) is 0 Å². The lowest BCUT2D eigenvalue weighted by molar-refractivity contribution is 0.587. The lowest BCUT2D eigenvalue weighted by atomic mass is 9.83. The van der Waals surface area contributed by atoms with Crippen LogP contribution in [0.15, 0.2) is 127 Å². The number of hydrogen-bond acceptors (Lipinski definition) is 2. The SMILES string of the molecule is CC(C)(C)c1cc(C#N)cc(C#N)c1-n1c2ccccc2c2cc(-c3ccc4c5ccccc5n(-c5ccccc5)c4c3)ccc21. The van der Waals surface area contributed by atoms with E-state index in [1.807, 2.05) is 12.1 Å². The van der Waals surface area contributed by atoms with Gasteiger partial charge in [-0.1, -0.05) is 93.6 Å². The van der Waals surface area contributed by atoms with Crippen molar-refractivity contribution < 1.29 is 0 Å². The second-order valence-corrected chi connectivity index (χ2v) is 12.9. The first-order valence-electron chi connectivity index (χ1n) is 15.5. The normalized spacial score (nSPS) is 11.8. The number of nitrogens with zero attached hydrogens (tertiary/aromatic N) is 4. The summed E-state index contributed by atoms with van der Waals surface area (Å²) in [6, 6.07) is 49.2. The summed E-state index contributed by atoms with van der Waals surface area (Å²) in [5.74, 6) is 0. The van der Waals surface area contributed by atoms with Gasteiger partial charge in [0.05, 0.1) is 45.0 Å². The molecule has 0 aliphatic rings. The van der Waals surface area contributed by atoms with Crippen molar-refractivity contribution in [2.45, 2.75) is 26.2 Å². The Morgan fingerprint density at radius 3 is 1.78 bits per heavy atom. The summed E-state index contributed by atoms with van der Waals surface area (Å²) >= 11 is 0. The van der Waals surface area contributed by atoms with Crippen LogP contribution in [0.5, 0.6) is 0 Å². The molecule has 0 unspecified atom stereocenters. The Kier molecular flexibility index (Phi) is 6.11. The van der Waals surface area contributed by atoms with Crippen molar-refractivity contribution in [1.82, 2.24) is 9.13 Å². The lowest BCUT2D eigenvalue weighted by Crippen LogP contribution is -2.17. The summed E-state index contributed by atoms with van der Waals surface area (Å²) in [4.78, 5) is 0. The third kappa shape index (κ3) is 4.12. The maximum atomic E-state index is 10.3. The molecule has 218 valence electrons. The van der Waals surface area contributed by atoms with Crippen LogP contribution >= 0.6 is 0 Å². The molecule has 0 saturated carbocycles. The standard InChI is InChI=1S/C42H30N4/c1-42(2,3)36-22-27(25-43)21-30(26-44)41(36)46-38-16-10-8-14-33(38)35-23-28(18-20-39(35)46)29-17-19-34-32-13-7-9-15-37(32)45(40(34)24-29)31-11-5-4-6-12-31/h4-24H,1-3H3. The van der Waals surface area contributed by atoms with Crippen LogP contribution in [-0.2, 0) is 5.41 Å². The second-order valence-electron chi connectivity index (χ2n) is 12.9. The minimum atomic E-state index is -0.294. The van der Waals surface area contributed by atoms with Gasteiger partial charge in [-0.2, -0.15) is 10.5 Å². The summed E-state index contributed by atoms with van der Waals surface area (Å²) in [5, 5.41) is 24.8. The Morgan fingerprint density at radius 1 is 0.500 bits per heavy atom. The van der Waals surface area contributed by atoms with Crippen LogP contribution in [0.2, 0.25) is 0 Å². The molecule has 0 N–H and O–H groups in total. The molecule has 8 rings (SSSR count). The van der Waals surface area contributed by atoms with Gasteiger partial charge in [-0.05, 0) is 76.7 Å². The first-order chi connectivity index (χ1) is 22.4. The highest BCUT2D eigenvalue weighted by atomic mass is 15.0. The van der Waals surface area contributed by atoms with Crippen molar-refractivity contribution in [3.8, 4) is 34.6 Å². The van der Waals surface area contributed by atoms with Crippen LogP contribution < -0.4 is 0 Å². The minimum absolute atomic E-state index is 0.294. The highest BCUT2D eigenvalue weighted by Gasteiger charge is 2.26. The van der Waals surface area contributed by atoms with Gasteiger partial charge in [0.15, 0.2) is 0 Å². The Hall–Kier alpha value is -6.10. The van der Waals surface area contributed by atoms with Gasteiger partial charge in [0.2, 0.25) is 0 Å². The predicted molar refractivity (Wildman–Crippen MR) is 189 cm³/mol. The quantitative estimate of drug-likeness (QED) is 0.205. The van der Waals surface area contributed by atoms with Gasteiger partial charge < -0.3 is 9.13 Å². The van der Waals surface area contributed by atoms with E-state index in [0.29, 0.717) is 11.1 Å². The molecule has 4 nitrogen and oxygen atoms in total. The van der Waals surface area contributed by atoms with Gasteiger partial charge in [0.25, 0.3) is 0 Å². The monoisotopic (exact) mass is 590 g/mol. The number of para-hydroxylation sites is 3. The van der Waals surface area contributed by atoms with Crippen molar-refractivity contribution in [2.24, 2.45) is 0 Å². The smallest absolute Gasteiger partial charge is 0.101 e. The number of rotatable bonds is 3. The van der Waals surface area contributed by atoms with E-state index < -0.39 is 0 Å². The highest BCUT2D eigenvalue weighted by Crippen LogP contribution is 2.41. The number of fused-ring (bicyclic) bond motifs is 6. The molecule has 0 radical (unpaired) electrons. The van der Waals surface area contributed by atoms with Crippen LogP contribution in [0.4, 0.5) is 0 Å². The molecule has 0 saturated heterocycles. The molecule has 2 aromatic heterocycles. The summed E-state index contributed by atoms with van der Waals surface area (Å²) in [6.45, 7) is 6.39. The molecule has 4 heteroatoms. The van der Waals surface area contributed by atoms with Crippen molar-refractivity contribution in [3.63, 3.8) is 0 Å². The number of benzene rings is 6. The van der Waals surface area contributed by atoms with Crippen molar-refractivity contribution >= 4 is 43.6 Å². The minimum Gasteiger partial charge on any atom is -0.309 e. The summed E-state index contributed by atoms with van der Waals surface area (Å²) in [5.41, 5.74) is 10.3. The molecular weight excluding hydrogens is 560 g/mol. The third-order valence-corrected chi connectivity index (χ3v) is 9.09. The number of nitriles is 2. The van der Waals surface area contributed by atoms with E-state index in [-0.39, 0.29) is 5.41 Å². The van der Waals surface area contributed by atoms with Crippen molar-refractivity contribution in [1.29, 1.82) is 10.5 Å². The molecule has 0 aliphatic carbocycles. The lowest BCUT2D eigenvalue weighted by Gasteiger charge is -2.25. The van der Waals surface area contributed by atoms with Gasteiger partial charge in [-0.25, -0.2) is 0 Å². The zero-order valence-corrected chi connectivity index (χ0v) is 25.9. The average molecular weight is 591 g/mol. The second kappa shape index (κ2) is 10.2. The fourth-order valence-electron chi connectivity index (χ4n) is 7.00. The van der Waals surface area contributed by atoms with E-state index in [1.165, 1.54) is 21.8 Å². The fourth-order valence-corrected chi connectivity index (χ4v) is 7.00. The summed E-state index contributed by atoms with van der Waals surface area (Å²) in [7, 11) is 0. The molecule has 0 aliphatic heterocycles. The van der Waals surface area contributed by atoms with Gasteiger partial charge in [-0.15, -0.1) is 0 Å². The van der Waals surface area contributed by atoms with Gasteiger partial charge in [0, 0.05) is 27.2 Å². The van der Waals surface area contributed by atoms with E-state index in [9.17, 15) is 10.5 Å². The average Bonchev–Trinajstić information content (AvgIpc) is 3.59. The maximum absolute atomic E-state index is 10.3. The Bertz CT molecular complexity index is 2580. The molecule has 2 heterocycles. The van der Waals surface area contributed by atoms with Crippen LogP contribution in [-0.4, -0.2) is 9.13 Å². The summed E-state index contributed by atoms with van der Waals surface area (Å²) < 4.78 is 4.56. The third-order valence-electron chi connectivity index (χ3n) is 9.09. The Morgan fingerprint density at radius 2 is 1.09 bits per heavy atom. The van der Waals surface area contributed by atoms with Crippen LogP contribution in [0.1, 0.15) is 37.5 Å². The van der Waals surface area contributed by atoms with E-state index >= 15 is 0 Å². The van der Waals surface area contributed by atoms with Gasteiger partial charge in [-0.3, -0.25) is 0 Å². The molecule has 8 aromatic rings.